The second kappa shape index (κ2) is 9.28. The predicted molar refractivity (Wildman–Crippen MR) is 122 cm³/mol. The summed E-state index contributed by atoms with van der Waals surface area (Å²) in [5, 5.41) is 0. The van der Waals surface area contributed by atoms with E-state index in [-0.39, 0.29) is 0 Å². The molecule has 0 saturated carbocycles. The van der Waals surface area contributed by atoms with Gasteiger partial charge in [-0.2, -0.15) is 0 Å². The normalized spacial score (nSPS) is 13.0. The summed E-state index contributed by atoms with van der Waals surface area (Å²) in [7, 11) is 0. The Morgan fingerprint density at radius 1 is 0.448 bits per heavy atom. The van der Waals surface area contributed by atoms with Gasteiger partial charge >= 0.3 is 0 Å². The Kier molecular flexibility index (Phi) is 6.31. The standard InChI is InChI=1S/C26H20Cl2O/c27-25(23-17-9-7-15-21(23)19-11-3-1-4-12-19)29-26(28)24-18-10-8-16-22(24)20-13-5-2-6-14-20/h1-18,25-26H. The van der Waals surface area contributed by atoms with Crippen LogP contribution < -0.4 is 0 Å². The monoisotopic (exact) mass is 418 g/mol. The Morgan fingerprint density at radius 2 is 0.793 bits per heavy atom. The minimum atomic E-state index is -0.683. The van der Waals surface area contributed by atoms with Gasteiger partial charge in [0.05, 0.1) is 0 Å². The molecule has 0 N–H and O–H groups in total. The second-order valence-corrected chi connectivity index (χ2v) is 7.47. The summed E-state index contributed by atoms with van der Waals surface area (Å²) in [6.07, 6.45) is 0. The summed E-state index contributed by atoms with van der Waals surface area (Å²) in [6, 6.07) is 36.2. The predicted octanol–water partition coefficient (Wildman–Crippen LogP) is 8.21. The SMILES string of the molecule is ClC(OC(Cl)c1ccccc1-c1ccccc1)c1ccccc1-c1ccccc1. The highest BCUT2D eigenvalue weighted by atomic mass is 35.5. The maximum absolute atomic E-state index is 6.70. The second-order valence-electron chi connectivity index (χ2n) is 6.67. The molecule has 0 amide bonds. The highest BCUT2D eigenvalue weighted by Gasteiger charge is 2.21. The molecule has 0 bridgehead atoms. The van der Waals surface area contributed by atoms with Crippen molar-refractivity contribution < 1.29 is 4.74 Å². The molecule has 0 aliphatic carbocycles. The zero-order valence-corrected chi connectivity index (χ0v) is 17.2. The van der Waals surface area contributed by atoms with Crippen molar-refractivity contribution in [3.8, 4) is 22.3 Å². The van der Waals surface area contributed by atoms with Crippen LogP contribution >= 0.6 is 23.2 Å². The first-order valence-corrected chi connectivity index (χ1v) is 10.3. The van der Waals surface area contributed by atoms with Gasteiger partial charge in [0.1, 0.15) is 0 Å². The van der Waals surface area contributed by atoms with E-state index < -0.39 is 11.1 Å². The van der Waals surface area contributed by atoms with Crippen LogP contribution in [0.1, 0.15) is 22.3 Å². The van der Waals surface area contributed by atoms with E-state index in [0.717, 1.165) is 33.4 Å². The molecule has 0 spiro atoms. The number of hydrogen-bond donors (Lipinski definition) is 0. The van der Waals surface area contributed by atoms with Crippen LogP contribution in [0.5, 0.6) is 0 Å². The van der Waals surface area contributed by atoms with Gasteiger partial charge in [0.2, 0.25) is 0 Å². The Balaban J connectivity index is 1.62. The van der Waals surface area contributed by atoms with Gasteiger partial charge in [0.15, 0.2) is 11.1 Å². The number of ether oxygens (including phenoxy) is 1. The minimum absolute atomic E-state index is 0.683. The quantitative estimate of drug-likeness (QED) is 0.286. The van der Waals surface area contributed by atoms with Crippen LogP contribution in [-0.2, 0) is 4.74 Å². The summed E-state index contributed by atoms with van der Waals surface area (Å²) in [4.78, 5) is 0. The maximum atomic E-state index is 6.70. The van der Waals surface area contributed by atoms with E-state index in [2.05, 4.69) is 24.3 Å². The zero-order valence-electron chi connectivity index (χ0n) is 15.7. The maximum Gasteiger partial charge on any atom is 0.159 e. The molecule has 0 aromatic heterocycles. The summed E-state index contributed by atoms with van der Waals surface area (Å²) in [5.41, 5.74) is 4.67. The van der Waals surface area contributed by atoms with Gasteiger partial charge in [-0.15, -0.1) is 0 Å². The van der Waals surface area contributed by atoms with Crippen LogP contribution in [0.15, 0.2) is 109 Å². The topological polar surface area (TPSA) is 9.23 Å². The van der Waals surface area contributed by atoms with Gasteiger partial charge in [0, 0.05) is 11.1 Å². The molecular weight excluding hydrogens is 399 g/mol. The number of halogens is 2. The van der Waals surface area contributed by atoms with Gasteiger partial charge in [-0.3, -0.25) is 0 Å². The van der Waals surface area contributed by atoms with Crippen molar-refractivity contribution in [2.75, 3.05) is 0 Å². The lowest BCUT2D eigenvalue weighted by molar-refractivity contribution is 0.0827. The van der Waals surface area contributed by atoms with E-state index in [0.29, 0.717) is 0 Å². The molecule has 0 saturated heterocycles. The third-order valence-corrected chi connectivity index (χ3v) is 5.50. The number of hydrogen-bond acceptors (Lipinski definition) is 1. The fourth-order valence-electron chi connectivity index (χ4n) is 3.40. The van der Waals surface area contributed by atoms with Crippen LogP contribution in [0.3, 0.4) is 0 Å². The van der Waals surface area contributed by atoms with Gasteiger partial charge < -0.3 is 4.74 Å². The molecule has 4 aromatic rings. The van der Waals surface area contributed by atoms with Crippen LogP contribution in [0.25, 0.3) is 22.3 Å². The number of alkyl halides is 2. The molecule has 0 aliphatic rings. The number of rotatable bonds is 6. The first-order chi connectivity index (χ1) is 14.2. The van der Waals surface area contributed by atoms with E-state index in [9.17, 15) is 0 Å². The average molecular weight is 419 g/mol. The highest BCUT2D eigenvalue weighted by Crippen LogP contribution is 2.39. The average Bonchev–Trinajstić information content (AvgIpc) is 2.80. The molecule has 0 heterocycles. The molecule has 0 radical (unpaired) electrons. The van der Waals surface area contributed by atoms with Crippen molar-refractivity contribution in [3.05, 3.63) is 120 Å². The lowest BCUT2D eigenvalue weighted by atomic mass is 9.99. The molecule has 144 valence electrons. The Labute approximate surface area is 181 Å². The molecule has 3 heteroatoms. The fraction of sp³-hybridized carbons (Fsp3) is 0.0769. The van der Waals surface area contributed by atoms with Crippen molar-refractivity contribution in [1.29, 1.82) is 0 Å². The molecule has 0 fully saturated rings. The van der Waals surface area contributed by atoms with E-state index in [4.69, 9.17) is 27.9 Å². The molecule has 2 unspecified atom stereocenters. The van der Waals surface area contributed by atoms with Gasteiger partial charge in [0.25, 0.3) is 0 Å². The van der Waals surface area contributed by atoms with E-state index in [1.54, 1.807) is 0 Å². The van der Waals surface area contributed by atoms with E-state index in [1.807, 2.05) is 84.9 Å². The molecule has 4 rings (SSSR count). The largest absolute Gasteiger partial charge is 0.335 e. The lowest BCUT2D eigenvalue weighted by Gasteiger charge is -2.21. The molecular formula is C26H20Cl2O. The third-order valence-electron chi connectivity index (χ3n) is 4.82. The van der Waals surface area contributed by atoms with Crippen molar-refractivity contribution in [1.82, 2.24) is 0 Å². The summed E-state index contributed by atoms with van der Waals surface area (Å²) in [6.45, 7) is 0. The molecule has 0 aliphatic heterocycles. The van der Waals surface area contributed by atoms with Crippen molar-refractivity contribution in [3.63, 3.8) is 0 Å². The fourth-order valence-corrected chi connectivity index (χ4v) is 4.04. The Morgan fingerprint density at radius 3 is 1.21 bits per heavy atom. The Bertz CT molecular complexity index is 977. The third kappa shape index (κ3) is 4.54. The van der Waals surface area contributed by atoms with Crippen molar-refractivity contribution in [2.24, 2.45) is 0 Å². The molecule has 4 aromatic carbocycles. The first-order valence-electron chi connectivity index (χ1n) is 9.46. The molecule has 1 nitrogen and oxygen atoms in total. The zero-order chi connectivity index (χ0) is 20.1. The first kappa shape index (κ1) is 19.7. The summed E-state index contributed by atoms with van der Waals surface area (Å²) >= 11 is 13.4. The highest BCUT2D eigenvalue weighted by molar-refractivity contribution is 6.22. The minimum Gasteiger partial charge on any atom is -0.335 e. The Hall–Kier alpha value is -2.58. The van der Waals surface area contributed by atoms with Gasteiger partial charge in [-0.25, -0.2) is 0 Å². The van der Waals surface area contributed by atoms with Gasteiger partial charge in [-0.05, 0) is 22.3 Å². The van der Waals surface area contributed by atoms with Crippen LogP contribution in [0.4, 0.5) is 0 Å². The smallest absolute Gasteiger partial charge is 0.159 e. The van der Waals surface area contributed by atoms with Crippen molar-refractivity contribution in [2.45, 2.75) is 11.1 Å². The van der Waals surface area contributed by atoms with Gasteiger partial charge in [-0.1, -0.05) is 132 Å². The van der Waals surface area contributed by atoms with Crippen molar-refractivity contribution >= 4 is 23.2 Å². The molecule has 2 atom stereocenters. The van der Waals surface area contributed by atoms with E-state index in [1.165, 1.54) is 0 Å². The van der Waals surface area contributed by atoms with Crippen LogP contribution in [0, 0.1) is 0 Å². The summed E-state index contributed by atoms with van der Waals surface area (Å²) in [5.74, 6) is 0. The summed E-state index contributed by atoms with van der Waals surface area (Å²) < 4.78 is 6.08. The lowest BCUT2D eigenvalue weighted by Crippen LogP contribution is -2.04. The number of benzene rings is 4. The van der Waals surface area contributed by atoms with Crippen LogP contribution in [-0.4, -0.2) is 0 Å². The van der Waals surface area contributed by atoms with E-state index >= 15 is 0 Å². The van der Waals surface area contributed by atoms with Crippen LogP contribution in [0.2, 0.25) is 0 Å². The molecule has 29 heavy (non-hydrogen) atoms.